The molecule has 0 aliphatic heterocycles. The number of ether oxygens (including phenoxy) is 1. The van der Waals surface area contributed by atoms with Crippen LogP contribution in [0.15, 0.2) is 71.1 Å². The molecule has 0 unspecified atom stereocenters. The van der Waals surface area contributed by atoms with Crippen LogP contribution in [0.5, 0.6) is 0 Å². The SMILES string of the molecule is Cc1ccc2nc(NC(=O)COC(=O)c3ccccc3-c3nc4ccccc4o3)sc2c1. The summed E-state index contributed by atoms with van der Waals surface area (Å²) in [5.41, 5.74) is 4.00. The smallest absolute Gasteiger partial charge is 0.339 e. The molecule has 1 N–H and O–H groups in total. The highest BCUT2D eigenvalue weighted by Crippen LogP contribution is 2.28. The highest BCUT2D eigenvalue weighted by atomic mass is 32.1. The molecule has 0 bridgehead atoms. The maximum Gasteiger partial charge on any atom is 0.339 e. The number of esters is 1. The Morgan fingerprint density at radius 3 is 2.69 bits per heavy atom. The van der Waals surface area contributed by atoms with Crippen LogP contribution in [-0.2, 0) is 9.53 Å². The van der Waals surface area contributed by atoms with Crippen molar-refractivity contribution < 1.29 is 18.7 Å². The first-order valence-corrected chi connectivity index (χ1v) is 10.7. The van der Waals surface area contributed by atoms with Crippen molar-refractivity contribution in [2.75, 3.05) is 11.9 Å². The number of rotatable bonds is 5. The van der Waals surface area contributed by atoms with Crippen molar-refractivity contribution >= 4 is 49.7 Å². The lowest BCUT2D eigenvalue weighted by atomic mass is 10.1. The van der Waals surface area contributed by atoms with Crippen LogP contribution in [0, 0.1) is 6.92 Å². The van der Waals surface area contributed by atoms with Crippen LogP contribution in [-0.4, -0.2) is 28.5 Å². The van der Waals surface area contributed by atoms with Gasteiger partial charge in [0.25, 0.3) is 5.91 Å². The Hall–Kier alpha value is -4.04. The zero-order chi connectivity index (χ0) is 22.1. The fraction of sp³-hybridized carbons (Fsp3) is 0.0833. The first kappa shape index (κ1) is 19.9. The molecule has 5 rings (SSSR count). The summed E-state index contributed by atoms with van der Waals surface area (Å²) >= 11 is 1.37. The maximum atomic E-state index is 12.7. The predicted molar refractivity (Wildman–Crippen MR) is 123 cm³/mol. The second-order valence-corrected chi connectivity index (χ2v) is 8.18. The Labute approximate surface area is 186 Å². The minimum absolute atomic E-state index is 0.266. The molecule has 0 atom stereocenters. The number of aromatic nitrogens is 2. The van der Waals surface area contributed by atoms with Crippen molar-refractivity contribution in [3.63, 3.8) is 0 Å². The van der Waals surface area contributed by atoms with E-state index in [2.05, 4.69) is 15.3 Å². The van der Waals surface area contributed by atoms with Crippen molar-refractivity contribution in [2.24, 2.45) is 0 Å². The Balaban J connectivity index is 1.29. The quantitative estimate of drug-likeness (QED) is 0.375. The van der Waals surface area contributed by atoms with Crippen LogP contribution >= 0.6 is 11.3 Å². The number of carbonyl (C=O) groups is 2. The number of thiazole rings is 1. The van der Waals surface area contributed by atoms with Crippen LogP contribution < -0.4 is 5.32 Å². The van der Waals surface area contributed by atoms with Gasteiger partial charge < -0.3 is 9.15 Å². The molecule has 0 aliphatic carbocycles. The fourth-order valence-corrected chi connectivity index (χ4v) is 4.26. The summed E-state index contributed by atoms with van der Waals surface area (Å²) in [5, 5.41) is 3.14. The van der Waals surface area contributed by atoms with E-state index in [0.29, 0.717) is 27.7 Å². The fourth-order valence-electron chi connectivity index (χ4n) is 3.28. The number of oxazole rings is 1. The van der Waals surface area contributed by atoms with Gasteiger partial charge in [-0.25, -0.2) is 14.8 Å². The average molecular weight is 443 g/mol. The third kappa shape index (κ3) is 3.95. The van der Waals surface area contributed by atoms with Crippen LogP contribution in [0.4, 0.5) is 5.13 Å². The topological polar surface area (TPSA) is 94.3 Å². The largest absolute Gasteiger partial charge is 0.452 e. The van der Waals surface area contributed by atoms with Crippen molar-refractivity contribution in [1.29, 1.82) is 0 Å². The highest BCUT2D eigenvalue weighted by Gasteiger charge is 2.19. The van der Waals surface area contributed by atoms with E-state index in [0.717, 1.165) is 15.8 Å². The monoisotopic (exact) mass is 443 g/mol. The number of hydrogen-bond acceptors (Lipinski definition) is 7. The van der Waals surface area contributed by atoms with Gasteiger partial charge in [-0.15, -0.1) is 0 Å². The molecule has 0 aliphatic rings. The summed E-state index contributed by atoms with van der Waals surface area (Å²) in [7, 11) is 0. The summed E-state index contributed by atoms with van der Waals surface area (Å²) in [6.07, 6.45) is 0. The molecule has 0 spiro atoms. The lowest BCUT2D eigenvalue weighted by Crippen LogP contribution is -2.21. The molecule has 0 radical (unpaired) electrons. The van der Waals surface area contributed by atoms with Gasteiger partial charge in [-0.05, 0) is 48.9 Å². The number of anilines is 1. The number of benzene rings is 3. The predicted octanol–water partition coefficient (Wildman–Crippen LogP) is 5.21. The summed E-state index contributed by atoms with van der Waals surface area (Å²) in [5.74, 6) is -0.792. The van der Waals surface area contributed by atoms with Gasteiger partial charge in [-0.2, -0.15) is 0 Å². The molecule has 5 aromatic rings. The average Bonchev–Trinajstić information content (AvgIpc) is 3.40. The molecular formula is C24H17N3O4S. The number of aryl methyl sites for hydroxylation is 1. The molecule has 32 heavy (non-hydrogen) atoms. The molecule has 7 nitrogen and oxygen atoms in total. The minimum atomic E-state index is -0.641. The van der Waals surface area contributed by atoms with Crippen LogP contribution in [0.25, 0.3) is 32.8 Å². The molecule has 2 heterocycles. The molecule has 8 heteroatoms. The van der Waals surface area contributed by atoms with E-state index in [1.807, 2.05) is 43.3 Å². The van der Waals surface area contributed by atoms with Gasteiger partial charge in [0.15, 0.2) is 17.3 Å². The van der Waals surface area contributed by atoms with Crippen molar-refractivity contribution in [3.05, 3.63) is 77.9 Å². The number of hydrogen-bond donors (Lipinski definition) is 1. The van der Waals surface area contributed by atoms with Crippen molar-refractivity contribution in [2.45, 2.75) is 6.92 Å². The summed E-state index contributed by atoms with van der Waals surface area (Å²) < 4.78 is 12.0. The maximum absolute atomic E-state index is 12.7. The Kier molecular flexibility index (Phi) is 5.12. The van der Waals surface area contributed by atoms with E-state index in [1.54, 1.807) is 30.3 Å². The Bertz CT molecular complexity index is 1440. The zero-order valence-electron chi connectivity index (χ0n) is 17.0. The van der Waals surface area contributed by atoms with E-state index < -0.39 is 18.5 Å². The van der Waals surface area contributed by atoms with E-state index >= 15 is 0 Å². The first-order valence-electron chi connectivity index (χ1n) is 9.86. The first-order chi connectivity index (χ1) is 15.6. The van der Waals surface area contributed by atoms with Gasteiger partial charge in [0, 0.05) is 0 Å². The van der Waals surface area contributed by atoms with E-state index in [1.165, 1.54) is 11.3 Å². The van der Waals surface area contributed by atoms with Gasteiger partial charge in [-0.1, -0.05) is 41.7 Å². The lowest BCUT2D eigenvalue weighted by molar-refractivity contribution is -0.119. The second-order valence-electron chi connectivity index (χ2n) is 7.15. The van der Waals surface area contributed by atoms with Crippen molar-refractivity contribution in [1.82, 2.24) is 9.97 Å². The number of fused-ring (bicyclic) bond motifs is 2. The standard InChI is InChI=1S/C24H17N3O4S/c1-14-10-11-18-20(12-14)32-24(26-18)27-21(28)13-30-23(29)16-7-3-2-6-15(16)22-25-17-8-4-5-9-19(17)31-22/h2-12H,13H2,1H3,(H,26,27,28). The van der Waals surface area contributed by atoms with Crippen LogP contribution in [0.2, 0.25) is 0 Å². The summed E-state index contributed by atoms with van der Waals surface area (Å²) in [4.78, 5) is 33.8. The molecule has 0 saturated heterocycles. The molecule has 158 valence electrons. The van der Waals surface area contributed by atoms with Gasteiger partial charge in [0.2, 0.25) is 5.89 Å². The van der Waals surface area contributed by atoms with Gasteiger partial charge in [0.1, 0.15) is 5.52 Å². The number of nitrogens with one attached hydrogen (secondary N) is 1. The Morgan fingerprint density at radius 1 is 1.00 bits per heavy atom. The molecule has 0 fully saturated rings. The highest BCUT2D eigenvalue weighted by molar-refractivity contribution is 7.22. The molecule has 1 amide bonds. The van der Waals surface area contributed by atoms with E-state index in [-0.39, 0.29) is 5.56 Å². The Morgan fingerprint density at radius 2 is 1.81 bits per heavy atom. The van der Waals surface area contributed by atoms with Crippen molar-refractivity contribution in [3.8, 4) is 11.5 Å². The van der Waals surface area contributed by atoms with Gasteiger partial charge in [-0.3, -0.25) is 10.1 Å². The number of para-hydroxylation sites is 2. The number of amides is 1. The zero-order valence-corrected chi connectivity index (χ0v) is 17.8. The summed E-state index contributed by atoms with van der Waals surface area (Å²) in [6, 6.07) is 20.1. The van der Waals surface area contributed by atoms with Gasteiger partial charge in [0.05, 0.1) is 21.3 Å². The third-order valence-electron chi connectivity index (χ3n) is 4.80. The minimum Gasteiger partial charge on any atom is -0.452 e. The second kappa shape index (κ2) is 8.24. The summed E-state index contributed by atoms with van der Waals surface area (Å²) in [6.45, 7) is 1.56. The number of nitrogens with zero attached hydrogens (tertiary/aromatic N) is 2. The van der Waals surface area contributed by atoms with E-state index in [9.17, 15) is 9.59 Å². The molecule has 0 saturated carbocycles. The molecular weight excluding hydrogens is 426 g/mol. The van der Waals surface area contributed by atoms with Crippen LogP contribution in [0.1, 0.15) is 15.9 Å². The molecule has 2 aromatic heterocycles. The normalized spacial score (nSPS) is 11.0. The van der Waals surface area contributed by atoms with Crippen LogP contribution in [0.3, 0.4) is 0 Å². The molecule has 3 aromatic carbocycles. The number of carbonyl (C=O) groups excluding carboxylic acids is 2. The lowest BCUT2D eigenvalue weighted by Gasteiger charge is -2.07. The third-order valence-corrected chi connectivity index (χ3v) is 5.73. The van der Waals surface area contributed by atoms with Gasteiger partial charge >= 0.3 is 5.97 Å². The van der Waals surface area contributed by atoms with E-state index in [4.69, 9.17) is 9.15 Å².